The fourth-order valence-electron chi connectivity index (χ4n) is 4.91. The van der Waals surface area contributed by atoms with E-state index < -0.39 is 0 Å². The molecule has 0 saturated carbocycles. The van der Waals surface area contributed by atoms with E-state index in [4.69, 9.17) is 9.97 Å². The molecule has 0 aliphatic carbocycles. The standard InChI is InChI=1S/C29H19N3S/c1-18-28-27(21-13-6-8-17-25(21)33-28)31-29(30-18)22-14-9-16-24-26(22)20-12-5-7-15-23(20)32(24)19-10-3-2-4-11-19/h2-17H,1H3. The summed E-state index contributed by atoms with van der Waals surface area (Å²) in [6.07, 6.45) is 0. The monoisotopic (exact) mass is 441 g/mol. The van der Waals surface area contributed by atoms with Gasteiger partial charge in [0, 0.05) is 32.1 Å². The number of hydrogen-bond donors (Lipinski definition) is 0. The van der Waals surface area contributed by atoms with Crippen molar-refractivity contribution in [3.8, 4) is 17.1 Å². The molecule has 7 aromatic rings. The maximum absolute atomic E-state index is 5.12. The van der Waals surface area contributed by atoms with E-state index in [0.717, 1.165) is 33.8 Å². The predicted octanol–water partition coefficient (Wildman–Crippen LogP) is 7.92. The summed E-state index contributed by atoms with van der Waals surface area (Å²) >= 11 is 1.77. The highest BCUT2D eigenvalue weighted by Crippen LogP contribution is 2.39. The molecule has 156 valence electrons. The van der Waals surface area contributed by atoms with Gasteiger partial charge in [-0.2, -0.15) is 0 Å². The van der Waals surface area contributed by atoms with Crippen LogP contribution in [0, 0.1) is 6.92 Å². The molecule has 3 heterocycles. The van der Waals surface area contributed by atoms with Crippen LogP contribution in [0.2, 0.25) is 0 Å². The summed E-state index contributed by atoms with van der Waals surface area (Å²) in [6, 6.07) is 34.1. The molecule has 4 aromatic carbocycles. The van der Waals surface area contributed by atoms with Gasteiger partial charge >= 0.3 is 0 Å². The van der Waals surface area contributed by atoms with Gasteiger partial charge in [0.1, 0.15) is 0 Å². The van der Waals surface area contributed by atoms with Crippen molar-refractivity contribution >= 4 is 53.4 Å². The minimum Gasteiger partial charge on any atom is -0.309 e. The number of aryl methyl sites for hydroxylation is 1. The first-order chi connectivity index (χ1) is 16.3. The SMILES string of the molecule is Cc1nc(-c2cccc3c2c2ccccc2n3-c2ccccc2)nc2c1sc1ccccc12. The highest BCUT2D eigenvalue weighted by molar-refractivity contribution is 7.25. The average molecular weight is 442 g/mol. The molecule has 7 rings (SSSR count). The molecule has 4 heteroatoms. The van der Waals surface area contributed by atoms with Crippen LogP contribution in [0.25, 0.3) is 59.2 Å². The second-order valence-electron chi connectivity index (χ2n) is 8.30. The number of aromatic nitrogens is 3. The number of fused-ring (bicyclic) bond motifs is 6. The van der Waals surface area contributed by atoms with Gasteiger partial charge in [0.2, 0.25) is 0 Å². The Bertz CT molecular complexity index is 1830. The van der Waals surface area contributed by atoms with E-state index in [0.29, 0.717) is 0 Å². The van der Waals surface area contributed by atoms with Crippen LogP contribution >= 0.6 is 11.3 Å². The summed E-state index contributed by atoms with van der Waals surface area (Å²) < 4.78 is 4.75. The Morgan fingerprint density at radius 1 is 0.667 bits per heavy atom. The van der Waals surface area contributed by atoms with E-state index in [1.807, 2.05) is 0 Å². The molecule has 0 N–H and O–H groups in total. The van der Waals surface area contributed by atoms with Crippen molar-refractivity contribution in [2.24, 2.45) is 0 Å². The maximum atomic E-state index is 5.12. The van der Waals surface area contributed by atoms with Gasteiger partial charge in [0.15, 0.2) is 5.82 Å². The van der Waals surface area contributed by atoms with Crippen molar-refractivity contribution in [3.63, 3.8) is 0 Å². The number of hydrogen-bond acceptors (Lipinski definition) is 3. The van der Waals surface area contributed by atoms with Gasteiger partial charge in [0.25, 0.3) is 0 Å². The van der Waals surface area contributed by atoms with Crippen molar-refractivity contribution < 1.29 is 0 Å². The van der Waals surface area contributed by atoms with Crippen molar-refractivity contribution in [2.75, 3.05) is 0 Å². The van der Waals surface area contributed by atoms with Crippen LogP contribution in [-0.4, -0.2) is 14.5 Å². The minimum absolute atomic E-state index is 0.783. The largest absolute Gasteiger partial charge is 0.309 e. The lowest BCUT2D eigenvalue weighted by molar-refractivity contribution is 1.17. The third kappa shape index (κ3) is 2.68. The fraction of sp³-hybridized carbons (Fsp3) is 0.0345. The molecule has 0 aliphatic rings. The highest BCUT2D eigenvalue weighted by Gasteiger charge is 2.19. The third-order valence-corrected chi connectivity index (χ3v) is 7.61. The molecule has 3 nitrogen and oxygen atoms in total. The molecule has 0 amide bonds. The predicted molar refractivity (Wildman–Crippen MR) is 139 cm³/mol. The Morgan fingerprint density at radius 2 is 1.39 bits per heavy atom. The zero-order valence-corrected chi connectivity index (χ0v) is 18.8. The van der Waals surface area contributed by atoms with Gasteiger partial charge in [-0.15, -0.1) is 11.3 Å². The molecular weight excluding hydrogens is 422 g/mol. The quantitative estimate of drug-likeness (QED) is 0.273. The molecule has 0 radical (unpaired) electrons. The summed E-state index contributed by atoms with van der Waals surface area (Å²) in [5.41, 5.74) is 6.64. The maximum Gasteiger partial charge on any atom is 0.160 e. The number of para-hydroxylation sites is 2. The lowest BCUT2D eigenvalue weighted by atomic mass is 10.1. The first-order valence-corrected chi connectivity index (χ1v) is 11.8. The van der Waals surface area contributed by atoms with Gasteiger partial charge in [0.05, 0.1) is 26.9 Å². The molecule has 3 aromatic heterocycles. The summed E-state index contributed by atoms with van der Waals surface area (Å²) in [5, 5.41) is 3.60. The first kappa shape index (κ1) is 18.5. The lowest BCUT2D eigenvalue weighted by Gasteiger charge is -2.08. The van der Waals surface area contributed by atoms with Gasteiger partial charge in [-0.1, -0.05) is 66.7 Å². The molecular formula is C29H19N3S. The second kappa shape index (κ2) is 6.99. The second-order valence-corrected chi connectivity index (χ2v) is 9.35. The van der Waals surface area contributed by atoms with Gasteiger partial charge < -0.3 is 4.57 Å². The molecule has 0 atom stereocenters. The zero-order chi connectivity index (χ0) is 21.9. The van der Waals surface area contributed by atoms with Crippen LogP contribution in [0.4, 0.5) is 0 Å². The average Bonchev–Trinajstić information content (AvgIpc) is 3.41. The first-order valence-electron chi connectivity index (χ1n) is 11.0. The van der Waals surface area contributed by atoms with Crippen LogP contribution in [0.15, 0.2) is 97.1 Å². The smallest absolute Gasteiger partial charge is 0.160 e. The van der Waals surface area contributed by atoms with Crippen LogP contribution in [-0.2, 0) is 0 Å². The third-order valence-electron chi connectivity index (χ3n) is 6.34. The fourth-order valence-corrected chi connectivity index (χ4v) is 6.00. The Labute approximate surface area is 194 Å². The molecule has 0 saturated heterocycles. The molecule has 0 bridgehead atoms. The van der Waals surface area contributed by atoms with Gasteiger partial charge in [-0.3, -0.25) is 0 Å². The molecule has 0 unspecified atom stereocenters. The zero-order valence-electron chi connectivity index (χ0n) is 18.0. The van der Waals surface area contributed by atoms with Gasteiger partial charge in [-0.05, 0) is 37.3 Å². The van der Waals surface area contributed by atoms with Crippen molar-refractivity contribution in [2.45, 2.75) is 6.92 Å². The van der Waals surface area contributed by atoms with E-state index in [1.54, 1.807) is 11.3 Å². The van der Waals surface area contributed by atoms with E-state index in [2.05, 4.69) is 109 Å². The van der Waals surface area contributed by atoms with E-state index in [1.165, 1.54) is 31.1 Å². The molecule has 0 spiro atoms. The Morgan fingerprint density at radius 3 is 2.27 bits per heavy atom. The van der Waals surface area contributed by atoms with Crippen molar-refractivity contribution in [1.29, 1.82) is 0 Å². The van der Waals surface area contributed by atoms with Crippen LogP contribution in [0.1, 0.15) is 5.69 Å². The van der Waals surface area contributed by atoms with Crippen LogP contribution in [0.3, 0.4) is 0 Å². The number of benzene rings is 4. The van der Waals surface area contributed by atoms with Gasteiger partial charge in [-0.25, -0.2) is 9.97 Å². The Kier molecular flexibility index (Phi) is 3.93. The van der Waals surface area contributed by atoms with Crippen molar-refractivity contribution in [3.05, 3.63) is 103 Å². The number of rotatable bonds is 2. The minimum atomic E-state index is 0.783. The topological polar surface area (TPSA) is 30.7 Å². The Hall–Kier alpha value is -4.02. The lowest BCUT2D eigenvalue weighted by Crippen LogP contribution is -1.95. The summed E-state index contributed by atoms with van der Waals surface area (Å²) in [6.45, 7) is 2.09. The van der Waals surface area contributed by atoms with Crippen LogP contribution in [0.5, 0.6) is 0 Å². The van der Waals surface area contributed by atoms with E-state index in [9.17, 15) is 0 Å². The van der Waals surface area contributed by atoms with E-state index >= 15 is 0 Å². The van der Waals surface area contributed by atoms with Crippen molar-refractivity contribution in [1.82, 2.24) is 14.5 Å². The number of thiophene rings is 1. The highest BCUT2D eigenvalue weighted by atomic mass is 32.1. The normalized spacial score (nSPS) is 11.8. The van der Waals surface area contributed by atoms with Crippen LogP contribution < -0.4 is 0 Å². The molecule has 33 heavy (non-hydrogen) atoms. The molecule has 0 fully saturated rings. The summed E-state index contributed by atoms with van der Waals surface area (Å²) in [5.74, 6) is 0.783. The number of nitrogens with zero attached hydrogens (tertiary/aromatic N) is 3. The summed E-state index contributed by atoms with van der Waals surface area (Å²) in [4.78, 5) is 10.1. The van der Waals surface area contributed by atoms with E-state index in [-0.39, 0.29) is 0 Å². The molecule has 0 aliphatic heterocycles. The summed E-state index contributed by atoms with van der Waals surface area (Å²) in [7, 11) is 0. The Balaban J connectivity index is 1.60.